The number of hydrogen-bond donors (Lipinski definition) is 1. The van der Waals surface area contributed by atoms with E-state index in [1.165, 1.54) is 4.90 Å². The molecule has 0 atom stereocenters. The van der Waals surface area contributed by atoms with Gasteiger partial charge in [-0.1, -0.05) is 24.3 Å². The van der Waals surface area contributed by atoms with Gasteiger partial charge in [-0.15, -0.1) is 23.5 Å². The Morgan fingerprint density at radius 3 is 2.13 bits per heavy atom. The van der Waals surface area contributed by atoms with Crippen molar-refractivity contribution in [2.45, 2.75) is 9.79 Å². The van der Waals surface area contributed by atoms with Gasteiger partial charge >= 0.3 is 0 Å². The number of benzene rings is 2. The number of fused-ring (bicyclic) bond motifs is 1. The predicted octanol–water partition coefficient (Wildman–Crippen LogP) is 3.99. The molecule has 2 rings (SSSR count). The molecule has 0 saturated heterocycles. The highest BCUT2D eigenvalue weighted by Gasteiger charge is 2.09. The van der Waals surface area contributed by atoms with Crippen LogP contribution in [0.15, 0.2) is 40.1 Å². The maximum Gasteiger partial charge on any atom is 0.137 e. The SMILES string of the molecule is CSc1cc(SC)c2ccccc2c1O. The van der Waals surface area contributed by atoms with Gasteiger partial charge in [0.1, 0.15) is 5.75 Å². The summed E-state index contributed by atoms with van der Waals surface area (Å²) in [5.74, 6) is 0.399. The van der Waals surface area contributed by atoms with Gasteiger partial charge in [-0.05, 0) is 24.0 Å². The highest BCUT2D eigenvalue weighted by molar-refractivity contribution is 7.99. The number of rotatable bonds is 2. The third kappa shape index (κ3) is 1.82. The molecule has 1 nitrogen and oxygen atoms in total. The number of hydrogen-bond acceptors (Lipinski definition) is 3. The van der Waals surface area contributed by atoms with Crippen LogP contribution in [0.3, 0.4) is 0 Å². The Bertz CT molecular complexity index is 494. The standard InChI is InChI=1S/C12H12OS2/c1-14-10-7-11(15-2)12(13)9-6-4-3-5-8(9)10/h3-7,13H,1-2H3. The van der Waals surface area contributed by atoms with Crippen LogP contribution < -0.4 is 0 Å². The molecule has 1 N–H and O–H groups in total. The summed E-state index contributed by atoms with van der Waals surface area (Å²) in [7, 11) is 0. The second-order valence-electron chi connectivity index (χ2n) is 3.18. The summed E-state index contributed by atoms with van der Waals surface area (Å²) in [4.78, 5) is 2.16. The quantitative estimate of drug-likeness (QED) is 0.796. The third-order valence-electron chi connectivity index (χ3n) is 2.38. The summed E-state index contributed by atoms with van der Waals surface area (Å²) in [5.41, 5.74) is 0. The minimum absolute atomic E-state index is 0.399. The molecule has 0 fully saturated rings. The summed E-state index contributed by atoms with van der Waals surface area (Å²) >= 11 is 3.29. The van der Waals surface area contributed by atoms with Gasteiger partial charge in [-0.2, -0.15) is 0 Å². The topological polar surface area (TPSA) is 20.2 Å². The zero-order chi connectivity index (χ0) is 10.8. The first-order valence-electron chi connectivity index (χ1n) is 4.60. The number of phenolic OH excluding ortho intramolecular Hbond substituents is 1. The van der Waals surface area contributed by atoms with Crippen LogP contribution >= 0.6 is 23.5 Å². The number of aromatic hydroxyl groups is 1. The van der Waals surface area contributed by atoms with Crippen LogP contribution in [0.25, 0.3) is 10.8 Å². The van der Waals surface area contributed by atoms with Crippen LogP contribution in [0.5, 0.6) is 5.75 Å². The summed E-state index contributed by atoms with van der Waals surface area (Å²) < 4.78 is 0. The van der Waals surface area contributed by atoms with Crippen LogP contribution in [-0.4, -0.2) is 17.6 Å². The second-order valence-corrected chi connectivity index (χ2v) is 4.87. The molecule has 3 heteroatoms. The van der Waals surface area contributed by atoms with E-state index in [0.717, 1.165) is 15.7 Å². The zero-order valence-electron chi connectivity index (χ0n) is 8.65. The number of phenols is 1. The highest BCUT2D eigenvalue weighted by Crippen LogP contribution is 2.39. The van der Waals surface area contributed by atoms with E-state index in [9.17, 15) is 5.11 Å². The molecular weight excluding hydrogens is 224 g/mol. The summed E-state index contributed by atoms with van der Waals surface area (Å²) in [6.07, 6.45) is 4.04. The first-order valence-corrected chi connectivity index (χ1v) is 7.05. The molecule has 78 valence electrons. The summed E-state index contributed by atoms with van der Waals surface area (Å²) in [5, 5.41) is 12.1. The van der Waals surface area contributed by atoms with Gasteiger partial charge in [0, 0.05) is 10.3 Å². The molecule has 0 bridgehead atoms. The van der Waals surface area contributed by atoms with E-state index in [2.05, 4.69) is 6.26 Å². The molecule has 0 radical (unpaired) electrons. The van der Waals surface area contributed by atoms with Crippen molar-refractivity contribution in [3.63, 3.8) is 0 Å². The van der Waals surface area contributed by atoms with Crippen LogP contribution in [0.2, 0.25) is 0 Å². The van der Waals surface area contributed by atoms with Crippen molar-refractivity contribution in [3.05, 3.63) is 30.3 Å². The van der Waals surface area contributed by atoms with Gasteiger partial charge < -0.3 is 5.11 Å². The fourth-order valence-corrected chi connectivity index (χ4v) is 2.87. The van der Waals surface area contributed by atoms with E-state index in [1.807, 2.05) is 36.6 Å². The molecule has 0 amide bonds. The number of thioether (sulfide) groups is 2. The van der Waals surface area contributed by atoms with Crippen LogP contribution in [0, 0.1) is 0 Å². The average molecular weight is 236 g/mol. The van der Waals surface area contributed by atoms with Gasteiger partial charge in [0.05, 0.1) is 4.90 Å². The molecule has 0 spiro atoms. The molecule has 0 aliphatic carbocycles. The van der Waals surface area contributed by atoms with Crippen molar-refractivity contribution in [2.24, 2.45) is 0 Å². The normalized spacial score (nSPS) is 10.8. The van der Waals surface area contributed by atoms with Gasteiger partial charge in [0.2, 0.25) is 0 Å². The van der Waals surface area contributed by atoms with E-state index < -0.39 is 0 Å². The van der Waals surface area contributed by atoms with Crippen molar-refractivity contribution in [3.8, 4) is 5.75 Å². The minimum atomic E-state index is 0.399. The monoisotopic (exact) mass is 236 g/mol. The molecule has 2 aromatic carbocycles. The Hall–Kier alpha value is -0.800. The summed E-state index contributed by atoms with van der Waals surface area (Å²) in [6, 6.07) is 10.0. The molecule has 0 aliphatic rings. The van der Waals surface area contributed by atoms with Gasteiger partial charge in [-0.3, -0.25) is 0 Å². The van der Waals surface area contributed by atoms with E-state index >= 15 is 0 Å². The van der Waals surface area contributed by atoms with Gasteiger partial charge in [0.25, 0.3) is 0 Å². The van der Waals surface area contributed by atoms with Crippen LogP contribution in [0.1, 0.15) is 0 Å². The second kappa shape index (κ2) is 4.37. The van der Waals surface area contributed by atoms with Crippen LogP contribution in [0.4, 0.5) is 0 Å². The lowest BCUT2D eigenvalue weighted by molar-refractivity contribution is 0.469. The largest absolute Gasteiger partial charge is 0.506 e. The zero-order valence-corrected chi connectivity index (χ0v) is 10.3. The lowest BCUT2D eigenvalue weighted by Gasteiger charge is -2.09. The Morgan fingerprint density at radius 2 is 1.53 bits per heavy atom. The fourth-order valence-electron chi connectivity index (χ4n) is 1.63. The average Bonchev–Trinajstić information content (AvgIpc) is 2.30. The first-order chi connectivity index (χ1) is 7.27. The molecule has 0 saturated carbocycles. The molecule has 2 aromatic rings. The molecule has 0 heterocycles. The van der Waals surface area contributed by atoms with Crippen molar-refractivity contribution in [2.75, 3.05) is 12.5 Å². The summed E-state index contributed by atoms with van der Waals surface area (Å²) in [6.45, 7) is 0. The molecule has 0 unspecified atom stereocenters. The van der Waals surface area contributed by atoms with Crippen molar-refractivity contribution in [1.29, 1.82) is 0 Å². The van der Waals surface area contributed by atoms with E-state index in [4.69, 9.17) is 0 Å². The van der Waals surface area contributed by atoms with Gasteiger partial charge in [0.15, 0.2) is 0 Å². The first kappa shape index (κ1) is 10.7. The lowest BCUT2D eigenvalue weighted by atomic mass is 10.1. The predicted molar refractivity (Wildman–Crippen MR) is 69.2 cm³/mol. The fraction of sp³-hybridized carbons (Fsp3) is 0.167. The van der Waals surface area contributed by atoms with E-state index in [0.29, 0.717) is 5.75 Å². The molecule has 15 heavy (non-hydrogen) atoms. The Morgan fingerprint density at radius 1 is 0.933 bits per heavy atom. The van der Waals surface area contributed by atoms with E-state index in [-0.39, 0.29) is 0 Å². The Labute approximate surface area is 97.9 Å². The van der Waals surface area contributed by atoms with Crippen molar-refractivity contribution >= 4 is 34.3 Å². The minimum Gasteiger partial charge on any atom is -0.506 e. The Kier molecular flexibility index (Phi) is 3.12. The molecular formula is C12H12OS2. The Balaban J connectivity index is 2.84. The van der Waals surface area contributed by atoms with E-state index in [1.54, 1.807) is 23.5 Å². The lowest BCUT2D eigenvalue weighted by Crippen LogP contribution is -1.81. The maximum absolute atomic E-state index is 10.0. The van der Waals surface area contributed by atoms with Gasteiger partial charge in [-0.25, -0.2) is 0 Å². The maximum atomic E-state index is 10.0. The molecule has 0 aliphatic heterocycles. The highest BCUT2D eigenvalue weighted by atomic mass is 32.2. The smallest absolute Gasteiger partial charge is 0.137 e. The molecule has 0 aromatic heterocycles. The van der Waals surface area contributed by atoms with Crippen LogP contribution in [-0.2, 0) is 0 Å². The third-order valence-corrected chi connectivity index (χ3v) is 3.91. The van der Waals surface area contributed by atoms with Crippen molar-refractivity contribution in [1.82, 2.24) is 0 Å². The van der Waals surface area contributed by atoms with Crippen molar-refractivity contribution < 1.29 is 5.11 Å².